The average Bonchev–Trinajstić information content (AvgIpc) is 2.80. The number of carbonyl (C=O) groups is 1. The quantitative estimate of drug-likeness (QED) is 0.489. The molecule has 1 saturated heterocycles. The maximum Gasteiger partial charge on any atom is 0.330 e. The van der Waals surface area contributed by atoms with Gasteiger partial charge in [0.2, 0.25) is 0 Å². The molecule has 3 N–H and O–H groups in total. The topological polar surface area (TPSA) is 140 Å². The molecule has 1 aromatic heterocycles. The minimum Gasteiger partial charge on any atom is -0.481 e. The van der Waals surface area contributed by atoms with Crippen LogP contribution in [0.1, 0.15) is 20.1 Å². The molecule has 27 heavy (non-hydrogen) atoms. The van der Waals surface area contributed by atoms with Crippen molar-refractivity contribution in [2.75, 3.05) is 12.8 Å². The van der Waals surface area contributed by atoms with Gasteiger partial charge in [-0.1, -0.05) is 0 Å². The van der Waals surface area contributed by atoms with E-state index >= 15 is 0 Å². The van der Waals surface area contributed by atoms with E-state index in [1.165, 1.54) is 0 Å². The molecule has 0 bridgehead atoms. The molecule has 0 aliphatic carbocycles. The Morgan fingerprint density at radius 3 is 2.74 bits per heavy atom. The third-order valence-electron chi connectivity index (χ3n) is 3.60. The van der Waals surface area contributed by atoms with Crippen LogP contribution in [0, 0.1) is 0 Å². The van der Waals surface area contributed by atoms with E-state index in [-0.39, 0.29) is 6.10 Å². The zero-order valence-corrected chi connectivity index (χ0v) is 16.2. The molecule has 1 aliphatic rings. The molecule has 152 valence electrons. The van der Waals surface area contributed by atoms with Gasteiger partial charge in [-0.3, -0.25) is 19.1 Å². The molecule has 1 aromatic rings. The van der Waals surface area contributed by atoms with E-state index < -0.39 is 61.1 Å². The fourth-order valence-electron chi connectivity index (χ4n) is 2.56. The summed E-state index contributed by atoms with van der Waals surface area (Å²) in [7, 11) is 0. The van der Waals surface area contributed by atoms with E-state index in [0.717, 1.165) is 16.8 Å². The molecule has 2 heterocycles. The number of rotatable bonds is 8. The normalized spacial score (nSPS) is 27.6. The molecule has 2 rings (SSSR count). The van der Waals surface area contributed by atoms with Crippen LogP contribution in [0.4, 0.5) is 4.39 Å². The van der Waals surface area contributed by atoms with Crippen molar-refractivity contribution >= 4 is 24.3 Å². The Morgan fingerprint density at radius 1 is 1.52 bits per heavy atom. The first-order chi connectivity index (χ1) is 12.5. The first-order valence-corrected chi connectivity index (χ1v) is 10.8. The maximum atomic E-state index is 14.9. The molecule has 13 heteroatoms. The molecule has 0 saturated carbocycles. The summed E-state index contributed by atoms with van der Waals surface area (Å²) in [5.41, 5.74) is -1.51. The molecule has 10 nitrogen and oxygen atoms in total. The summed E-state index contributed by atoms with van der Waals surface area (Å²) < 4.78 is 31.9. The highest BCUT2D eigenvalue weighted by Crippen LogP contribution is 2.43. The highest BCUT2D eigenvalue weighted by atomic mass is 32.5. The van der Waals surface area contributed by atoms with Gasteiger partial charge in [-0.15, -0.1) is 0 Å². The lowest BCUT2D eigenvalue weighted by Gasteiger charge is -2.23. The number of aromatic amines is 1. The molecular weight excluding hydrogens is 406 g/mol. The van der Waals surface area contributed by atoms with Crippen LogP contribution in [0.5, 0.6) is 0 Å². The molecule has 0 aromatic carbocycles. The number of aromatic nitrogens is 2. The van der Waals surface area contributed by atoms with Gasteiger partial charge in [0.25, 0.3) is 5.56 Å². The van der Waals surface area contributed by atoms with Crippen molar-refractivity contribution in [3.8, 4) is 0 Å². The first-order valence-electron chi connectivity index (χ1n) is 7.95. The van der Waals surface area contributed by atoms with Crippen molar-refractivity contribution in [2.24, 2.45) is 0 Å². The third kappa shape index (κ3) is 5.77. The zero-order valence-electron chi connectivity index (χ0n) is 14.5. The number of carboxylic acids is 1. The van der Waals surface area contributed by atoms with Gasteiger partial charge < -0.3 is 24.0 Å². The number of hydrogen-bond donors (Lipinski definition) is 3. The summed E-state index contributed by atoms with van der Waals surface area (Å²) in [6, 6.07) is 1.04. The van der Waals surface area contributed by atoms with E-state index in [1.54, 1.807) is 13.8 Å². The van der Waals surface area contributed by atoms with Gasteiger partial charge in [-0.05, 0) is 25.7 Å². The van der Waals surface area contributed by atoms with Crippen molar-refractivity contribution in [3.05, 3.63) is 33.1 Å². The summed E-state index contributed by atoms with van der Waals surface area (Å²) in [6.45, 7) is -0.710. The Kier molecular flexibility index (Phi) is 7.06. The van der Waals surface area contributed by atoms with E-state index in [4.69, 9.17) is 30.9 Å². The van der Waals surface area contributed by atoms with Crippen LogP contribution < -0.4 is 11.2 Å². The number of alkyl halides is 1. The van der Waals surface area contributed by atoms with Crippen LogP contribution in [0.3, 0.4) is 0 Å². The zero-order chi connectivity index (χ0) is 20.4. The van der Waals surface area contributed by atoms with Gasteiger partial charge >= 0.3 is 11.7 Å². The maximum absolute atomic E-state index is 14.9. The first kappa shape index (κ1) is 21.9. The van der Waals surface area contributed by atoms with Gasteiger partial charge in [0.1, 0.15) is 18.4 Å². The monoisotopic (exact) mass is 426 g/mol. The number of hydrogen-bond acceptors (Lipinski definition) is 7. The van der Waals surface area contributed by atoms with Crippen molar-refractivity contribution in [1.29, 1.82) is 0 Å². The minimum atomic E-state index is -3.63. The fourth-order valence-corrected chi connectivity index (χ4v) is 3.89. The Morgan fingerprint density at radius 2 is 2.19 bits per heavy atom. The van der Waals surface area contributed by atoms with E-state index in [1.807, 2.05) is 4.98 Å². The summed E-state index contributed by atoms with van der Waals surface area (Å²) in [5.74, 6) is -1.33. The van der Waals surface area contributed by atoms with Crippen molar-refractivity contribution in [2.45, 2.75) is 44.6 Å². The second kappa shape index (κ2) is 8.72. The third-order valence-corrected chi connectivity index (χ3v) is 5.52. The highest BCUT2D eigenvalue weighted by molar-refractivity contribution is 8.09. The molecule has 0 radical (unpaired) electrons. The van der Waals surface area contributed by atoms with Gasteiger partial charge in [0.15, 0.2) is 18.9 Å². The summed E-state index contributed by atoms with van der Waals surface area (Å²) in [4.78, 5) is 45.7. The van der Waals surface area contributed by atoms with Gasteiger partial charge in [-0.25, -0.2) is 9.18 Å². The smallest absolute Gasteiger partial charge is 0.330 e. The largest absolute Gasteiger partial charge is 0.481 e. The Hall–Kier alpha value is -1.43. The van der Waals surface area contributed by atoms with Crippen LogP contribution in [0.15, 0.2) is 21.9 Å². The van der Waals surface area contributed by atoms with Crippen LogP contribution in [0.2, 0.25) is 0 Å². The number of ether oxygens (including phenoxy) is 2. The van der Waals surface area contributed by atoms with E-state index in [9.17, 15) is 23.7 Å². The van der Waals surface area contributed by atoms with Crippen LogP contribution >= 0.6 is 6.49 Å². The summed E-state index contributed by atoms with van der Waals surface area (Å²) in [5, 5.41) is 8.74. The molecule has 0 spiro atoms. The number of nitrogens with zero attached hydrogens (tertiary/aromatic N) is 1. The minimum absolute atomic E-state index is 0.387. The number of H-pyrrole nitrogens is 1. The van der Waals surface area contributed by atoms with E-state index in [2.05, 4.69) is 0 Å². The van der Waals surface area contributed by atoms with Gasteiger partial charge in [-0.2, -0.15) is 0 Å². The van der Waals surface area contributed by atoms with Crippen molar-refractivity contribution < 1.29 is 33.2 Å². The molecular formula is C14H20FN2O8PS. The predicted molar refractivity (Wildman–Crippen MR) is 95.1 cm³/mol. The van der Waals surface area contributed by atoms with Crippen LogP contribution in [-0.4, -0.2) is 62.8 Å². The molecule has 5 atom stereocenters. The molecule has 1 aliphatic heterocycles. The number of carboxylic acid groups (broad SMARTS) is 1. The Labute approximate surface area is 158 Å². The lowest BCUT2D eigenvalue weighted by Crippen LogP contribution is -2.38. The average molecular weight is 426 g/mol. The lowest BCUT2D eigenvalue weighted by molar-refractivity contribution is -0.134. The highest BCUT2D eigenvalue weighted by Gasteiger charge is 2.48. The standard InChI is InChI=1S/C14H20FN2O8PS/c1-7(2)24-12-8(5-23-26(22,27)6-10(19)20)25-13(11(12)15)17-4-3-9(18)16-14(17)21/h3-4,7-8,11-13H,5-6H2,1-2H3,(H,19,20)(H,22,27)(H,16,18,21)/t8-,11-,12-,13-,26?/m1/s1. The molecule has 1 unspecified atom stereocenters. The predicted octanol–water partition coefficient (Wildman–Crippen LogP) is -0.0313. The second-order valence-corrected chi connectivity index (χ2v) is 9.72. The van der Waals surface area contributed by atoms with E-state index in [0.29, 0.717) is 0 Å². The van der Waals surface area contributed by atoms with Gasteiger partial charge in [0, 0.05) is 12.3 Å². The summed E-state index contributed by atoms with van der Waals surface area (Å²) in [6.07, 6.45) is -5.46. The van der Waals surface area contributed by atoms with Gasteiger partial charge in [0.05, 0.1) is 12.7 Å². The Bertz CT molecular complexity index is 843. The number of nitrogens with one attached hydrogen (secondary N) is 1. The molecule has 1 fully saturated rings. The van der Waals surface area contributed by atoms with Crippen molar-refractivity contribution in [3.63, 3.8) is 0 Å². The number of aliphatic carboxylic acids is 1. The Balaban J connectivity index is 2.22. The van der Waals surface area contributed by atoms with Crippen LogP contribution in [-0.2, 0) is 30.6 Å². The van der Waals surface area contributed by atoms with Crippen LogP contribution in [0.25, 0.3) is 0 Å². The lowest BCUT2D eigenvalue weighted by atomic mass is 10.1. The van der Waals surface area contributed by atoms with Crippen molar-refractivity contribution in [1.82, 2.24) is 9.55 Å². The second-order valence-electron chi connectivity index (χ2n) is 6.16. The number of halogens is 1. The SMILES string of the molecule is CC(C)O[C@H]1[C@@H](F)[C@H](n2ccc(=O)[nH]c2=O)O[C@@H]1COP(O)(=S)CC(=O)O. The molecule has 0 amide bonds. The fraction of sp³-hybridized carbons (Fsp3) is 0.643. The summed E-state index contributed by atoms with van der Waals surface area (Å²) >= 11 is 4.75.